The molecule has 70 valence electrons. The van der Waals surface area contributed by atoms with Gasteiger partial charge in [-0.1, -0.05) is 0 Å². The minimum atomic E-state index is -0.530. The predicted molar refractivity (Wildman–Crippen MR) is 43.4 cm³/mol. The Morgan fingerprint density at radius 1 is 0.667 bits per heavy atom. The summed E-state index contributed by atoms with van der Waals surface area (Å²) in [6.45, 7) is 0. The summed E-state index contributed by atoms with van der Waals surface area (Å²) in [5.74, 6) is 5.35. The Labute approximate surface area is 72.7 Å². The lowest BCUT2D eigenvalue weighted by Crippen LogP contribution is -2.13. The zero-order chi connectivity index (χ0) is 9.40. The maximum atomic E-state index is 4.83. The van der Waals surface area contributed by atoms with Crippen molar-refractivity contribution < 1.29 is 18.9 Å². The molecule has 0 amide bonds. The maximum absolute atomic E-state index is 4.83. The van der Waals surface area contributed by atoms with Crippen LogP contribution in [0.5, 0.6) is 0 Å². The number of hydrogen-bond acceptors (Lipinski definition) is 4. The van der Waals surface area contributed by atoms with Crippen LogP contribution in [-0.4, -0.2) is 41.0 Å². The molecule has 4 heteroatoms. The quantitative estimate of drug-likeness (QED) is 0.451. The van der Waals surface area contributed by atoms with Crippen LogP contribution in [0.2, 0.25) is 0 Å². The number of methoxy groups -OCH3 is 4. The SMILES string of the molecule is COC(C#CC(OC)OC)OC. The molecule has 0 atom stereocenters. The first kappa shape index (κ1) is 11.4. The van der Waals surface area contributed by atoms with Crippen molar-refractivity contribution >= 4 is 0 Å². The molecule has 0 fully saturated rings. The molecule has 0 aromatic carbocycles. The first-order valence-corrected chi connectivity index (χ1v) is 3.40. The summed E-state index contributed by atoms with van der Waals surface area (Å²) in [7, 11) is 6.05. The lowest BCUT2D eigenvalue weighted by molar-refractivity contribution is -0.0676. The molecule has 4 nitrogen and oxygen atoms in total. The molecule has 0 aliphatic rings. The molecule has 0 rings (SSSR count). The molecule has 0 aromatic heterocycles. The fourth-order valence-corrected chi connectivity index (χ4v) is 0.564. The lowest BCUT2D eigenvalue weighted by Gasteiger charge is -2.07. The summed E-state index contributed by atoms with van der Waals surface area (Å²) >= 11 is 0. The molecule has 0 saturated carbocycles. The van der Waals surface area contributed by atoms with E-state index in [-0.39, 0.29) is 0 Å². The average Bonchev–Trinajstić information content (AvgIpc) is 2.13. The lowest BCUT2D eigenvalue weighted by atomic mass is 10.5. The standard InChI is InChI=1S/C8H14O4/c1-9-7(10-2)5-6-8(11-3)12-4/h7-8H,1-4H3. The second-order valence-electron chi connectivity index (χ2n) is 1.90. The van der Waals surface area contributed by atoms with Gasteiger partial charge in [-0.3, -0.25) is 0 Å². The molecule has 0 N–H and O–H groups in total. The Balaban J connectivity index is 3.96. The van der Waals surface area contributed by atoms with Gasteiger partial charge in [-0.15, -0.1) is 0 Å². The van der Waals surface area contributed by atoms with E-state index < -0.39 is 12.6 Å². The van der Waals surface area contributed by atoms with Gasteiger partial charge in [0.05, 0.1) is 0 Å². The Morgan fingerprint density at radius 2 is 0.917 bits per heavy atom. The molecule has 0 saturated heterocycles. The maximum Gasteiger partial charge on any atom is 0.222 e. The van der Waals surface area contributed by atoms with Gasteiger partial charge in [0.2, 0.25) is 12.6 Å². The highest BCUT2D eigenvalue weighted by Gasteiger charge is 2.01. The number of rotatable bonds is 4. The average molecular weight is 174 g/mol. The third kappa shape index (κ3) is 4.31. The smallest absolute Gasteiger partial charge is 0.222 e. The van der Waals surface area contributed by atoms with Crippen molar-refractivity contribution in [3.8, 4) is 11.8 Å². The molecule has 0 aliphatic carbocycles. The molecular formula is C8H14O4. The van der Waals surface area contributed by atoms with Crippen LogP contribution in [0, 0.1) is 11.8 Å². The zero-order valence-electron chi connectivity index (χ0n) is 7.79. The monoisotopic (exact) mass is 174 g/mol. The van der Waals surface area contributed by atoms with Crippen LogP contribution in [0.4, 0.5) is 0 Å². The van der Waals surface area contributed by atoms with Crippen LogP contribution < -0.4 is 0 Å². The number of hydrogen-bond donors (Lipinski definition) is 0. The van der Waals surface area contributed by atoms with E-state index in [9.17, 15) is 0 Å². The van der Waals surface area contributed by atoms with E-state index in [0.717, 1.165) is 0 Å². The Bertz CT molecular complexity index is 134. The van der Waals surface area contributed by atoms with Crippen LogP contribution >= 0.6 is 0 Å². The molecule has 0 aromatic rings. The molecular weight excluding hydrogens is 160 g/mol. The summed E-state index contributed by atoms with van der Waals surface area (Å²) in [5, 5.41) is 0. The van der Waals surface area contributed by atoms with Crippen molar-refractivity contribution in [3.63, 3.8) is 0 Å². The summed E-state index contributed by atoms with van der Waals surface area (Å²) < 4.78 is 19.3. The largest absolute Gasteiger partial charge is 0.345 e. The van der Waals surface area contributed by atoms with E-state index in [2.05, 4.69) is 11.8 Å². The van der Waals surface area contributed by atoms with E-state index in [1.54, 1.807) is 0 Å². The first-order valence-electron chi connectivity index (χ1n) is 3.40. The van der Waals surface area contributed by atoms with Gasteiger partial charge >= 0.3 is 0 Å². The van der Waals surface area contributed by atoms with Crippen molar-refractivity contribution in [2.75, 3.05) is 28.4 Å². The van der Waals surface area contributed by atoms with Gasteiger partial charge < -0.3 is 18.9 Å². The van der Waals surface area contributed by atoms with Crippen molar-refractivity contribution in [2.45, 2.75) is 12.6 Å². The fraction of sp³-hybridized carbons (Fsp3) is 0.750. The van der Waals surface area contributed by atoms with Crippen LogP contribution in [0.25, 0.3) is 0 Å². The topological polar surface area (TPSA) is 36.9 Å². The zero-order valence-corrected chi connectivity index (χ0v) is 7.79. The summed E-state index contributed by atoms with van der Waals surface area (Å²) in [6.07, 6.45) is -1.06. The molecule has 0 radical (unpaired) electrons. The van der Waals surface area contributed by atoms with Gasteiger partial charge in [0.25, 0.3) is 0 Å². The number of ether oxygens (including phenoxy) is 4. The highest BCUT2D eigenvalue weighted by Crippen LogP contribution is 1.90. The van der Waals surface area contributed by atoms with Gasteiger partial charge in [0.15, 0.2) is 0 Å². The van der Waals surface area contributed by atoms with E-state index in [1.165, 1.54) is 28.4 Å². The fourth-order valence-electron chi connectivity index (χ4n) is 0.564. The summed E-state index contributed by atoms with van der Waals surface area (Å²) in [4.78, 5) is 0. The second kappa shape index (κ2) is 7.07. The highest BCUT2D eigenvalue weighted by atomic mass is 16.7. The Hall–Kier alpha value is -0.600. The van der Waals surface area contributed by atoms with Gasteiger partial charge in [0.1, 0.15) is 0 Å². The first-order chi connectivity index (χ1) is 5.78. The summed E-state index contributed by atoms with van der Waals surface area (Å²) in [5.41, 5.74) is 0. The van der Waals surface area contributed by atoms with E-state index in [4.69, 9.17) is 18.9 Å². The Kier molecular flexibility index (Phi) is 6.72. The van der Waals surface area contributed by atoms with Crippen molar-refractivity contribution in [2.24, 2.45) is 0 Å². The third-order valence-corrected chi connectivity index (χ3v) is 1.18. The normalized spacial score (nSPS) is 10.2. The van der Waals surface area contributed by atoms with E-state index in [1.807, 2.05) is 0 Å². The summed E-state index contributed by atoms with van der Waals surface area (Å²) in [6, 6.07) is 0. The molecule has 0 unspecified atom stereocenters. The van der Waals surface area contributed by atoms with E-state index >= 15 is 0 Å². The van der Waals surface area contributed by atoms with E-state index in [0.29, 0.717) is 0 Å². The molecule has 0 heterocycles. The molecule has 0 bridgehead atoms. The van der Waals surface area contributed by atoms with Gasteiger partial charge in [0, 0.05) is 28.4 Å². The second-order valence-corrected chi connectivity index (χ2v) is 1.90. The van der Waals surface area contributed by atoms with Crippen LogP contribution in [0.1, 0.15) is 0 Å². The van der Waals surface area contributed by atoms with Crippen molar-refractivity contribution in [1.82, 2.24) is 0 Å². The molecule has 0 spiro atoms. The van der Waals surface area contributed by atoms with Crippen LogP contribution in [0.3, 0.4) is 0 Å². The van der Waals surface area contributed by atoms with Crippen LogP contribution in [0.15, 0.2) is 0 Å². The van der Waals surface area contributed by atoms with Crippen molar-refractivity contribution in [3.05, 3.63) is 0 Å². The Morgan fingerprint density at radius 3 is 1.08 bits per heavy atom. The third-order valence-electron chi connectivity index (χ3n) is 1.18. The molecule has 12 heavy (non-hydrogen) atoms. The van der Waals surface area contributed by atoms with Crippen molar-refractivity contribution in [1.29, 1.82) is 0 Å². The minimum absolute atomic E-state index is 0.530. The van der Waals surface area contributed by atoms with Crippen LogP contribution in [-0.2, 0) is 18.9 Å². The highest BCUT2D eigenvalue weighted by molar-refractivity contribution is 5.04. The minimum Gasteiger partial charge on any atom is -0.345 e. The molecule has 0 aliphatic heterocycles. The van der Waals surface area contributed by atoms with Gasteiger partial charge in [-0.2, -0.15) is 0 Å². The predicted octanol–water partition coefficient (Wildman–Crippen LogP) is 0.228. The van der Waals surface area contributed by atoms with Gasteiger partial charge in [-0.25, -0.2) is 0 Å². The van der Waals surface area contributed by atoms with Gasteiger partial charge in [-0.05, 0) is 11.8 Å².